The Morgan fingerprint density at radius 2 is 1.55 bits per heavy atom. The molecular formula is C28H35KN2O6S. The average molecular weight is 567 g/mol. The topological polar surface area (TPSA) is 107 Å². The number of carboxylic acid groups (broad SMARTS) is 1. The predicted molar refractivity (Wildman–Crippen MR) is 148 cm³/mol. The van der Waals surface area contributed by atoms with E-state index in [1.54, 1.807) is 31.6 Å². The number of aromatic carboxylic acids is 1. The van der Waals surface area contributed by atoms with Gasteiger partial charge in [-0.3, -0.25) is 4.79 Å². The molecule has 3 rings (SSSR count). The molecule has 1 aromatic heterocycles. The van der Waals surface area contributed by atoms with Crippen LogP contribution in [-0.4, -0.2) is 48.0 Å². The van der Waals surface area contributed by atoms with Crippen molar-refractivity contribution in [3.8, 4) is 11.5 Å². The van der Waals surface area contributed by atoms with Gasteiger partial charge in [0.15, 0.2) is 0 Å². The number of nitrogens with zero attached hydrogens (tertiary/aromatic N) is 1. The van der Waals surface area contributed by atoms with E-state index in [0.29, 0.717) is 23.7 Å². The SMILES string of the molecule is CC.COC[C@H](C)Oc1cc(OC(C)c2ccccc2)cc(C(=O)Nc2ccc(C(=O)O)cn2)c1.C[S-].[K+]. The Labute approximate surface area is 273 Å². The summed E-state index contributed by atoms with van der Waals surface area (Å²) in [5, 5.41) is 11.7. The van der Waals surface area contributed by atoms with E-state index < -0.39 is 11.9 Å². The molecule has 1 heterocycles. The molecule has 10 heteroatoms. The molecule has 0 aliphatic heterocycles. The molecule has 0 aliphatic rings. The van der Waals surface area contributed by atoms with Gasteiger partial charge < -0.3 is 37.3 Å². The second-order valence-electron chi connectivity index (χ2n) is 7.44. The molecular weight excluding hydrogens is 531 g/mol. The fraction of sp³-hybridized carbons (Fsp3) is 0.321. The smallest absolute Gasteiger partial charge is 0.796 e. The van der Waals surface area contributed by atoms with Crippen LogP contribution in [0.5, 0.6) is 11.5 Å². The summed E-state index contributed by atoms with van der Waals surface area (Å²) in [7, 11) is 1.59. The average Bonchev–Trinajstić information content (AvgIpc) is 2.91. The van der Waals surface area contributed by atoms with Crippen LogP contribution in [-0.2, 0) is 17.4 Å². The predicted octanol–water partition coefficient (Wildman–Crippen LogP) is 2.78. The number of hydrogen-bond donors (Lipinski definition) is 2. The molecule has 0 radical (unpaired) electrons. The van der Waals surface area contributed by atoms with E-state index in [0.717, 1.165) is 5.56 Å². The van der Waals surface area contributed by atoms with Gasteiger partial charge in [0, 0.05) is 24.9 Å². The molecule has 3 aromatic rings. The first-order valence-electron chi connectivity index (χ1n) is 11.8. The van der Waals surface area contributed by atoms with Crippen molar-refractivity contribution < 1.29 is 80.3 Å². The van der Waals surface area contributed by atoms with Crippen LogP contribution in [0.4, 0.5) is 5.82 Å². The van der Waals surface area contributed by atoms with Gasteiger partial charge >= 0.3 is 57.4 Å². The first-order chi connectivity index (χ1) is 17.9. The fourth-order valence-electron chi connectivity index (χ4n) is 3.12. The number of rotatable bonds is 10. The number of nitrogens with one attached hydrogen (secondary N) is 1. The Bertz CT molecular complexity index is 1100. The Kier molecular flexibility index (Phi) is 19.0. The molecule has 8 nitrogen and oxygen atoms in total. The van der Waals surface area contributed by atoms with Gasteiger partial charge in [0.25, 0.3) is 5.91 Å². The first kappa shape index (κ1) is 36.1. The second kappa shape index (κ2) is 20.0. The summed E-state index contributed by atoms with van der Waals surface area (Å²) in [6.07, 6.45) is 2.27. The molecule has 0 saturated carbocycles. The number of benzene rings is 2. The maximum atomic E-state index is 12.9. The Hall–Kier alpha value is -1.92. The van der Waals surface area contributed by atoms with E-state index >= 15 is 0 Å². The number of carbonyl (C=O) groups excluding carboxylic acids is 1. The van der Waals surface area contributed by atoms with Crippen molar-refractivity contribution in [1.29, 1.82) is 0 Å². The molecule has 38 heavy (non-hydrogen) atoms. The number of carboxylic acids is 1. The van der Waals surface area contributed by atoms with Gasteiger partial charge in [0.1, 0.15) is 29.5 Å². The van der Waals surface area contributed by atoms with Crippen LogP contribution in [0, 0.1) is 0 Å². The third kappa shape index (κ3) is 12.3. The summed E-state index contributed by atoms with van der Waals surface area (Å²) < 4.78 is 17.1. The summed E-state index contributed by atoms with van der Waals surface area (Å²) in [6, 6.07) is 17.5. The zero-order valence-electron chi connectivity index (χ0n) is 23.1. The minimum atomic E-state index is -1.09. The zero-order valence-corrected chi connectivity index (χ0v) is 27.0. The summed E-state index contributed by atoms with van der Waals surface area (Å²) in [5.74, 6) is -0.383. The third-order valence-corrected chi connectivity index (χ3v) is 4.71. The Morgan fingerprint density at radius 1 is 0.947 bits per heavy atom. The van der Waals surface area contributed by atoms with Gasteiger partial charge in [0.05, 0.1) is 12.2 Å². The van der Waals surface area contributed by atoms with E-state index in [2.05, 4.69) is 22.9 Å². The van der Waals surface area contributed by atoms with Gasteiger partial charge in [0.2, 0.25) is 0 Å². The van der Waals surface area contributed by atoms with E-state index in [-0.39, 0.29) is 75.0 Å². The number of ether oxygens (including phenoxy) is 3. The van der Waals surface area contributed by atoms with Gasteiger partial charge in [-0.15, -0.1) is 0 Å². The zero-order chi connectivity index (χ0) is 27.8. The number of hydrogen-bond acceptors (Lipinski definition) is 7. The fourth-order valence-corrected chi connectivity index (χ4v) is 3.12. The molecule has 2 N–H and O–H groups in total. The molecule has 2 atom stereocenters. The Balaban J connectivity index is 0.00000261. The molecule has 0 fully saturated rings. The quantitative estimate of drug-likeness (QED) is 0.285. The summed E-state index contributed by atoms with van der Waals surface area (Å²) in [4.78, 5) is 27.9. The molecule has 200 valence electrons. The molecule has 1 amide bonds. The minimum Gasteiger partial charge on any atom is -0.796 e. The van der Waals surface area contributed by atoms with Crippen molar-refractivity contribution in [3.05, 3.63) is 83.6 Å². The van der Waals surface area contributed by atoms with E-state index in [4.69, 9.17) is 19.3 Å². The standard InChI is InChI=1S/C25H26N2O6.C2H6.CH4S.K/c1-16(15-31-3)32-21-11-20(24(28)27-23-10-9-19(14-26-23)25(29)30)12-22(13-21)33-17(2)18-7-5-4-6-8-18;2*1-2;/h4-14,16-17H,15H2,1-3H3,(H,29,30)(H,26,27,28);1-2H3;2H,1H3;/q;;;+1/p-1/t16-,17?;;;/m0.../s1. The van der Waals surface area contributed by atoms with Crippen LogP contribution in [0.3, 0.4) is 0 Å². The van der Waals surface area contributed by atoms with Crippen LogP contribution in [0.15, 0.2) is 66.9 Å². The molecule has 1 unspecified atom stereocenters. The van der Waals surface area contributed by atoms with Crippen molar-refractivity contribution >= 4 is 30.3 Å². The van der Waals surface area contributed by atoms with Crippen LogP contribution in [0.2, 0.25) is 0 Å². The third-order valence-electron chi connectivity index (χ3n) is 4.71. The van der Waals surface area contributed by atoms with Gasteiger partial charge in [-0.05, 0) is 43.7 Å². The van der Waals surface area contributed by atoms with Crippen LogP contribution in [0.25, 0.3) is 0 Å². The normalized spacial score (nSPS) is 11.1. The van der Waals surface area contributed by atoms with Crippen LogP contribution >= 0.6 is 0 Å². The Morgan fingerprint density at radius 3 is 2.08 bits per heavy atom. The van der Waals surface area contributed by atoms with Crippen molar-refractivity contribution in [2.24, 2.45) is 0 Å². The van der Waals surface area contributed by atoms with Gasteiger partial charge in [-0.1, -0.05) is 44.2 Å². The number of carbonyl (C=O) groups is 2. The largest absolute Gasteiger partial charge is 1.00 e. The first-order valence-corrected chi connectivity index (χ1v) is 12.6. The molecule has 2 aromatic carbocycles. The summed E-state index contributed by atoms with van der Waals surface area (Å²) in [5.41, 5.74) is 1.32. The van der Waals surface area contributed by atoms with Crippen LogP contribution in [0.1, 0.15) is 60.1 Å². The van der Waals surface area contributed by atoms with E-state index in [1.165, 1.54) is 18.3 Å². The number of methoxy groups -OCH3 is 1. The van der Waals surface area contributed by atoms with Gasteiger partial charge in [-0.25, -0.2) is 9.78 Å². The molecule has 0 spiro atoms. The number of amides is 1. The van der Waals surface area contributed by atoms with E-state index in [1.807, 2.05) is 58.0 Å². The summed E-state index contributed by atoms with van der Waals surface area (Å²) >= 11 is 4.08. The van der Waals surface area contributed by atoms with Crippen molar-refractivity contribution in [1.82, 2.24) is 4.98 Å². The van der Waals surface area contributed by atoms with Crippen molar-refractivity contribution in [2.75, 3.05) is 25.3 Å². The maximum absolute atomic E-state index is 12.9. The maximum Gasteiger partial charge on any atom is 1.00 e. The summed E-state index contributed by atoms with van der Waals surface area (Å²) in [6.45, 7) is 8.16. The second-order valence-corrected chi connectivity index (χ2v) is 7.44. The minimum absolute atomic E-state index is 0. The van der Waals surface area contributed by atoms with Crippen molar-refractivity contribution in [3.63, 3.8) is 0 Å². The van der Waals surface area contributed by atoms with Crippen LogP contribution < -0.4 is 66.2 Å². The van der Waals surface area contributed by atoms with Gasteiger partial charge in [-0.2, -0.15) is 6.26 Å². The molecule has 0 aliphatic carbocycles. The van der Waals surface area contributed by atoms with E-state index in [9.17, 15) is 9.59 Å². The molecule has 0 saturated heterocycles. The number of aromatic nitrogens is 1. The monoisotopic (exact) mass is 566 g/mol. The molecule has 0 bridgehead atoms. The van der Waals surface area contributed by atoms with Crippen molar-refractivity contribution in [2.45, 2.75) is 39.9 Å². The number of anilines is 1. The number of pyridine rings is 1.